The number of carbonyl (C=O) groups is 1. The van der Waals surface area contributed by atoms with E-state index in [1.54, 1.807) is 12.1 Å². The first-order chi connectivity index (χ1) is 12.4. The van der Waals surface area contributed by atoms with E-state index in [2.05, 4.69) is 15.1 Å². The van der Waals surface area contributed by atoms with Crippen LogP contribution < -0.4 is 10.1 Å². The van der Waals surface area contributed by atoms with Gasteiger partial charge >= 0.3 is 6.09 Å². The molecule has 2 rings (SSSR count). The van der Waals surface area contributed by atoms with Crippen LogP contribution in [-0.2, 0) is 4.74 Å². The van der Waals surface area contributed by atoms with E-state index in [9.17, 15) is 4.79 Å². The fraction of sp³-hybridized carbons (Fsp3) is 0.600. The minimum atomic E-state index is -0.457. The molecule has 1 aliphatic rings. The average molecular weight is 359 g/mol. The Morgan fingerprint density at radius 3 is 2.50 bits per heavy atom. The van der Waals surface area contributed by atoms with Crippen molar-refractivity contribution >= 4 is 11.8 Å². The van der Waals surface area contributed by atoms with Crippen LogP contribution in [0.3, 0.4) is 0 Å². The van der Waals surface area contributed by atoms with Crippen molar-refractivity contribution in [1.82, 2.24) is 10.2 Å². The highest BCUT2D eigenvalue weighted by Gasteiger charge is 2.23. The molecule has 1 aromatic rings. The van der Waals surface area contributed by atoms with Crippen molar-refractivity contribution in [2.75, 3.05) is 26.2 Å². The Morgan fingerprint density at radius 2 is 1.92 bits per heavy atom. The normalized spacial score (nSPS) is 15.9. The van der Waals surface area contributed by atoms with Gasteiger partial charge < -0.3 is 19.7 Å². The Hall–Kier alpha value is -2.26. The minimum absolute atomic E-state index is 0.193. The van der Waals surface area contributed by atoms with E-state index in [0.29, 0.717) is 12.3 Å². The molecule has 142 valence electrons. The minimum Gasteiger partial charge on any atom is -0.494 e. The van der Waals surface area contributed by atoms with E-state index in [-0.39, 0.29) is 12.1 Å². The molecule has 1 fully saturated rings. The summed E-state index contributed by atoms with van der Waals surface area (Å²) < 4.78 is 11.0. The number of ether oxygens (including phenoxy) is 2. The number of amides is 1. The molecule has 1 aliphatic heterocycles. The van der Waals surface area contributed by atoms with Gasteiger partial charge in [0.15, 0.2) is 5.69 Å². The second-order valence-corrected chi connectivity index (χ2v) is 7.57. The second-order valence-electron chi connectivity index (χ2n) is 7.57. The Morgan fingerprint density at radius 1 is 1.27 bits per heavy atom. The number of likely N-dealkylation sites (tertiary alicyclic amines) is 1. The molecule has 6 heteroatoms. The molecule has 0 aromatic heterocycles. The van der Waals surface area contributed by atoms with Crippen LogP contribution in [0.15, 0.2) is 24.3 Å². The van der Waals surface area contributed by atoms with Crippen molar-refractivity contribution in [3.05, 3.63) is 35.7 Å². The highest BCUT2D eigenvalue weighted by molar-refractivity contribution is 5.68. The summed E-state index contributed by atoms with van der Waals surface area (Å²) in [4.78, 5) is 17.6. The van der Waals surface area contributed by atoms with Gasteiger partial charge in [0, 0.05) is 25.7 Å². The van der Waals surface area contributed by atoms with Crippen LogP contribution in [0.5, 0.6) is 5.75 Å². The number of nitrogens with one attached hydrogen (secondary N) is 1. The van der Waals surface area contributed by atoms with E-state index in [1.165, 1.54) is 0 Å². The summed E-state index contributed by atoms with van der Waals surface area (Å²) in [5.41, 5.74) is 0.168. The third kappa shape index (κ3) is 7.32. The van der Waals surface area contributed by atoms with Crippen LogP contribution in [0.1, 0.15) is 40.0 Å². The summed E-state index contributed by atoms with van der Waals surface area (Å²) in [5, 5.41) is 2.96. The lowest BCUT2D eigenvalue weighted by molar-refractivity contribution is 0.0478. The maximum absolute atomic E-state index is 11.8. The number of benzene rings is 1. The van der Waals surface area contributed by atoms with Gasteiger partial charge in [-0.15, -0.1) is 0 Å². The molecule has 1 heterocycles. The lowest BCUT2D eigenvalue weighted by atomic mass is 10.1. The third-order valence-electron chi connectivity index (χ3n) is 4.16. The zero-order valence-corrected chi connectivity index (χ0v) is 16.0. The maximum atomic E-state index is 11.8. The largest absolute Gasteiger partial charge is 0.494 e. The molecule has 0 aliphatic carbocycles. The molecule has 1 aromatic carbocycles. The Bertz CT molecular complexity index is 609. The smallest absolute Gasteiger partial charge is 0.407 e. The third-order valence-corrected chi connectivity index (χ3v) is 4.16. The molecule has 0 saturated carbocycles. The molecule has 6 nitrogen and oxygen atoms in total. The van der Waals surface area contributed by atoms with Gasteiger partial charge in [-0.3, -0.25) is 0 Å². The highest BCUT2D eigenvalue weighted by atomic mass is 16.6. The van der Waals surface area contributed by atoms with Crippen molar-refractivity contribution in [3.63, 3.8) is 0 Å². The van der Waals surface area contributed by atoms with Crippen LogP contribution in [0.4, 0.5) is 10.5 Å². The van der Waals surface area contributed by atoms with E-state index >= 15 is 0 Å². The monoisotopic (exact) mass is 359 g/mol. The van der Waals surface area contributed by atoms with Gasteiger partial charge in [-0.25, -0.2) is 9.64 Å². The molecule has 1 saturated heterocycles. The van der Waals surface area contributed by atoms with E-state index < -0.39 is 5.60 Å². The Balaban J connectivity index is 1.58. The average Bonchev–Trinajstić information content (AvgIpc) is 2.59. The highest BCUT2D eigenvalue weighted by Crippen LogP contribution is 2.18. The van der Waals surface area contributed by atoms with Crippen LogP contribution in [0.2, 0.25) is 0 Å². The Labute approximate surface area is 156 Å². The number of alkyl carbamates (subject to hydrolysis) is 1. The first-order valence-electron chi connectivity index (χ1n) is 9.18. The molecule has 0 atom stereocenters. The molecule has 0 bridgehead atoms. The van der Waals surface area contributed by atoms with E-state index in [0.717, 1.165) is 44.6 Å². The van der Waals surface area contributed by atoms with Gasteiger partial charge in [0.1, 0.15) is 11.4 Å². The fourth-order valence-corrected chi connectivity index (χ4v) is 2.87. The molecule has 0 unspecified atom stereocenters. The van der Waals surface area contributed by atoms with Crippen molar-refractivity contribution < 1.29 is 14.3 Å². The number of hydrogen-bond acceptors (Lipinski definition) is 4. The number of carbonyl (C=O) groups excluding carboxylic acids is 1. The Kier molecular flexibility index (Phi) is 7.28. The van der Waals surface area contributed by atoms with Gasteiger partial charge in [-0.1, -0.05) is 12.1 Å². The summed E-state index contributed by atoms with van der Waals surface area (Å²) in [7, 11) is 0. The summed E-state index contributed by atoms with van der Waals surface area (Å²) in [6.45, 7) is 16.1. The zero-order valence-electron chi connectivity index (χ0n) is 16.0. The maximum Gasteiger partial charge on any atom is 0.407 e. The lowest BCUT2D eigenvalue weighted by Crippen LogP contribution is -2.46. The first-order valence-corrected chi connectivity index (χ1v) is 9.18. The van der Waals surface area contributed by atoms with Crippen LogP contribution >= 0.6 is 0 Å². The predicted molar refractivity (Wildman–Crippen MR) is 102 cm³/mol. The van der Waals surface area contributed by atoms with Crippen molar-refractivity contribution in [1.29, 1.82) is 0 Å². The first kappa shape index (κ1) is 20.1. The number of piperidine rings is 1. The van der Waals surface area contributed by atoms with Gasteiger partial charge in [0.2, 0.25) is 0 Å². The van der Waals surface area contributed by atoms with Gasteiger partial charge in [-0.05, 0) is 52.2 Å². The van der Waals surface area contributed by atoms with Crippen molar-refractivity contribution in [2.24, 2.45) is 0 Å². The van der Waals surface area contributed by atoms with Crippen LogP contribution in [0.25, 0.3) is 4.85 Å². The van der Waals surface area contributed by atoms with Crippen LogP contribution in [-0.4, -0.2) is 48.9 Å². The summed E-state index contributed by atoms with van der Waals surface area (Å²) in [6, 6.07) is 7.40. The van der Waals surface area contributed by atoms with Crippen molar-refractivity contribution in [2.45, 2.75) is 51.7 Å². The van der Waals surface area contributed by atoms with E-state index in [1.807, 2.05) is 32.9 Å². The summed E-state index contributed by atoms with van der Waals surface area (Å²) in [6.07, 6.45) is 2.51. The predicted octanol–water partition coefficient (Wildman–Crippen LogP) is 4.00. The van der Waals surface area contributed by atoms with Crippen LogP contribution in [0, 0.1) is 6.57 Å². The standard InChI is InChI=1S/C20H29N3O3/c1-20(2,3)26-19(24)22-17-10-13-23(14-11-17)12-5-15-25-18-8-6-16(21-4)7-9-18/h6-9,17H,5,10-15H2,1-3H3,(H,22,24). The molecular weight excluding hydrogens is 330 g/mol. The fourth-order valence-electron chi connectivity index (χ4n) is 2.87. The molecule has 0 radical (unpaired) electrons. The number of hydrogen-bond donors (Lipinski definition) is 1. The quantitative estimate of drug-likeness (QED) is 0.616. The summed E-state index contributed by atoms with van der Waals surface area (Å²) in [5.74, 6) is 0.803. The number of nitrogens with zero attached hydrogens (tertiary/aromatic N) is 2. The summed E-state index contributed by atoms with van der Waals surface area (Å²) >= 11 is 0. The van der Waals surface area contributed by atoms with Gasteiger partial charge in [0.25, 0.3) is 0 Å². The lowest BCUT2D eigenvalue weighted by Gasteiger charge is -2.32. The molecule has 1 N–H and O–H groups in total. The molecule has 0 spiro atoms. The van der Waals surface area contributed by atoms with E-state index in [4.69, 9.17) is 16.0 Å². The number of rotatable bonds is 6. The SMILES string of the molecule is [C-]#[N+]c1ccc(OCCCN2CCC(NC(=O)OC(C)(C)C)CC2)cc1. The molecule has 1 amide bonds. The van der Waals surface area contributed by atoms with Crippen molar-refractivity contribution in [3.8, 4) is 5.75 Å². The molecular formula is C20H29N3O3. The topological polar surface area (TPSA) is 55.2 Å². The second kappa shape index (κ2) is 9.44. The van der Waals surface area contributed by atoms with Gasteiger partial charge in [0.05, 0.1) is 13.2 Å². The molecule has 26 heavy (non-hydrogen) atoms. The van der Waals surface area contributed by atoms with Gasteiger partial charge in [-0.2, -0.15) is 0 Å². The zero-order chi connectivity index (χ0) is 19.0.